The van der Waals surface area contributed by atoms with Crippen LogP contribution in [0.5, 0.6) is 0 Å². The van der Waals surface area contributed by atoms with E-state index in [9.17, 15) is 0 Å². The Labute approximate surface area is 288 Å². The summed E-state index contributed by atoms with van der Waals surface area (Å²) in [6.45, 7) is 6.88. The predicted molar refractivity (Wildman–Crippen MR) is 150 cm³/mol. The molecule has 0 amide bonds. The molecule has 0 aliphatic rings. The first-order chi connectivity index (χ1) is 10.9. The third kappa shape index (κ3) is 125. The van der Waals surface area contributed by atoms with Gasteiger partial charge in [-0.15, -0.1) is 0 Å². The molecule has 0 bridgehead atoms. The average molecular weight is 627 g/mol. The average Bonchev–Trinajstić information content (AvgIpc) is 2.42. The van der Waals surface area contributed by atoms with Crippen molar-refractivity contribution in [2.75, 3.05) is 124 Å². The summed E-state index contributed by atoms with van der Waals surface area (Å²) in [5, 5.41) is 0. The van der Waals surface area contributed by atoms with Crippen LogP contribution >= 0.6 is 0 Å². The van der Waals surface area contributed by atoms with E-state index in [0.29, 0.717) is 0 Å². The number of hydrogen-bond acceptors (Lipinski definition) is 6. The Hall–Kier alpha value is 2.80. The van der Waals surface area contributed by atoms with E-state index in [0.717, 1.165) is 39.3 Å². The predicted octanol–water partition coefficient (Wildman–Crippen LogP) is -5.96. The van der Waals surface area contributed by atoms with Crippen LogP contribution in [0.2, 0.25) is 0 Å². The molecule has 0 N–H and O–H groups in total. The van der Waals surface area contributed by atoms with Gasteiger partial charge in [-0.25, -0.2) is 0 Å². The maximum absolute atomic E-state index is 2.18. The zero-order valence-corrected chi connectivity index (χ0v) is 30.1. The molecule has 0 heterocycles. The molecule has 0 unspecified atom stereocenters. The molecule has 0 atom stereocenters. The molecule has 0 saturated carbocycles. The first kappa shape index (κ1) is 83.3. The van der Waals surface area contributed by atoms with Gasteiger partial charge in [0.15, 0.2) is 0 Å². The van der Waals surface area contributed by atoms with Crippen molar-refractivity contribution in [3.05, 3.63) is 44.6 Å². The van der Waals surface area contributed by atoms with Gasteiger partial charge in [0.05, 0.1) is 0 Å². The normalized spacial score (nSPS) is 7.94. The summed E-state index contributed by atoms with van der Waals surface area (Å²) in [5.74, 6) is 0. The van der Waals surface area contributed by atoms with E-state index in [1.165, 1.54) is 0 Å². The standard InChI is InChI=1S/3C6H16N2.6CH3.Er.3Li/c3*1-7(2)5-6-8(3)4;;;;;;;;;;/h3*5-6H2,1-4H3;6*1H3;;;;/q;;;6*-1;+3;3*+1. The van der Waals surface area contributed by atoms with Gasteiger partial charge >= 0.3 is 93.9 Å². The van der Waals surface area contributed by atoms with Crippen LogP contribution in [0.25, 0.3) is 0 Å². The van der Waals surface area contributed by atoms with E-state index in [1.807, 2.05) is 0 Å². The monoisotopic (exact) mass is 626 g/mol. The van der Waals surface area contributed by atoms with Gasteiger partial charge in [-0.05, 0) is 84.6 Å². The third-order valence-electron chi connectivity index (χ3n) is 2.98. The Morgan fingerprint density at radius 2 is 0.324 bits per heavy atom. The molecular weight excluding hydrogens is 560 g/mol. The van der Waals surface area contributed by atoms with E-state index in [-0.39, 0.29) is 138 Å². The Kier molecular flexibility index (Phi) is 148. The zero-order chi connectivity index (χ0) is 19.7. The zero-order valence-electron chi connectivity index (χ0n) is 28.2. The van der Waals surface area contributed by atoms with E-state index in [2.05, 4.69) is 114 Å². The number of hydrogen-bond donors (Lipinski definition) is 0. The Morgan fingerprint density at radius 3 is 0.353 bits per heavy atom. The molecule has 207 valence electrons. The Balaban J connectivity index is -0.0000000154. The van der Waals surface area contributed by atoms with E-state index < -0.39 is 0 Å². The smallest absolute Gasteiger partial charge is 0.358 e. The largest absolute Gasteiger partial charge is 3.00 e. The summed E-state index contributed by atoms with van der Waals surface area (Å²) >= 11 is 0. The van der Waals surface area contributed by atoms with Crippen molar-refractivity contribution in [1.29, 1.82) is 0 Å². The summed E-state index contributed by atoms with van der Waals surface area (Å²) in [4.78, 5) is 13.1. The topological polar surface area (TPSA) is 19.4 Å². The third-order valence-corrected chi connectivity index (χ3v) is 2.98. The maximum atomic E-state index is 2.18. The van der Waals surface area contributed by atoms with Crippen molar-refractivity contribution in [3.8, 4) is 0 Å². The molecule has 0 aromatic heterocycles. The molecule has 0 aromatic rings. The molecule has 10 heteroatoms. The number of rotatable bonds is 9. The first-order valence-corrected chi connectivity index (χ1v) is 8.76. The molecule has 0 aromatic carbocycles. The van der Waals surface area contributed by atoms with Crippen LogP contribution in [0.3, 0.4) is 0 Å². The second-order valence-corrected chi connectivity index (χ2v) is 7.82. The molecule has 0 aliphatic carbocycles. The summed E-state index contributed by atoms with van der Waals surface area (Å²) < 4.78 is 0. The maximum Gasteiger partial charge on any atom is 3.00 e. The van der Waals surface area contributed by atoms with Crippen LogP contribution in [0.4, 0.5) is 0 Å². The fourth-order valence-corrected chi connectivity index (χ4v) is 1.20. The van der Waals surface area contributed by atoms with Crippen LogP contribution in [-0.4, -0.2) is 153 Å². The summed E-state index contributed by atoms with van der Waals surface area (Å²) in [6.07, 6.45) is 0. The van der Waals surface area contributed by atoms with Gasteiger partial charge in [0.25, 0.3) is 0 Å². The minimum atomic E-state index is 0. The second kappa shape index (κ2) is 60.4. The Morgan fingerprint density at radius 1 is 0.265 bits per heavy atom. The van der Waals surface area contributed by atoms with Crippen LogP contribution in [0, 0.1) is 81.9 Å². The van der Waals surface area contributed by atoms with Crippen LogP contribution in [-0.2, 0) is 0 Å². The SMILES string of the molecule is CN(C)CCN(C)C.CN(C)CCN(C)C.CN(C)CCN(C)C.[CH3-].[CH3-].[CH3-].[CH3-].[CH3-].[CH3-].[Er+3].[Li+].[Li+].[Li+]. The number of nitrogens with zero attached hydrogens (tertiary/aromatic N) is 6. The summed E-state index contributed by atoms with van der Waals surface area (Å²) in [7, 11) is 25.0. The molecule has 1 radical (unpaired) electrons. The van der Waals surface area contributed by atoms with Gasteiger partial charge in [0.1, 0.15) is 0 Å². The molecule has 0 aliphatic heterocycles. The fraction of sp³-hybridized carbons (Fsp3) is 0.750. The molecular formula is C24H66ErLi3N6. The van der Waals surface area contributed by atoms with Crippen molar-refractivity contribution in [3.63, 3.8) is 0 Å². The minimum absolute atomic E-state index is 0. The number of likely N-dealkylation sites (N-methyl/N-ethyl adjacent to an activating group) is 6. The van der Waals surface area contributed by atoms with Gasteiger partial charge < -0.3 is 74.0 Å². The van der Waals surface area contributed by atoms with E-state index in [1.54, 1.807) is 0 Å². The molecule has 0 rings (SSSR count). The van der Waals surface area contributed by atoms with Gasteiger partial charge in [-0.2, -0.15) is 0 Å². The van der Waals surface area contributed by atoms with Gasteiger partial charge in [-0.1, -0.05) is 0 Å². The van der Waals surface area contributed by atoms with E-state index in [4.69, 9.17) is 0 Å². The van der Waals surface area contributed by atoms with Crippen molar-refractivity contribution in [2.24, 2.45) is 0 Å². The molecule has 6 nitrogen and oxygen atoms in total. The van der Waals surface area contributed by atoms with Crippen molar-refractivity contribution in [2.45, 2.75) is 0 Å². The molecule has 34 heavy (non-hydrogen) atoms. The van der Waals surface area contributed by atoms with Crippen molar-refractivity contribution in [1.82, 2.24) is 29.4 Å². The molecule has 0 saturated heterocycles. The van der Waals surface area contributed by atoms with Crippen LogP contribution in [0.1, 0.15) is 0 Å². The van der Waals surface area contributed by atoms with Crippen molar-refractivity contribution < 1.29 is 93.9 Å². The summed E-state index contributed by atoms with van der Waals surface area (Å²) in [5.41, 5.74) is 0. The van der Waals surface area contributed by atoms with Gasteiger partial charge in [0, 0.05) is 39.3 Å². The summed E-state index contributed by atoms with van der Waals surface area (Å²) in [6, 6.07) is 0. The van der Waals surface area contributed by atoms with Crippen LogP contribution < -0.4 is 56.6 Å². The Bertz CT molecular complexity index is 189. The van der Waals surface area contributed by atoms with Crippen molar-refractivity contribution >= 4 is 0 Å². The second-order valence-electron chi connectivity index (χ2n) is 7.82. The molecule has 0 spiro atoms. The van der Waals surface area contributed by atoms with Crippen LogP contribution in [0.15, 0.2) is 0 Å². The van der Waals surface area contributed by atoms with Gasteiger partial charge in [-0.3, -0.25) is 0 Å². The first-order valence-electron chi connectivity index (χ1n) is 8.76. The quantitative estimate of drug-likeness (QED) is 0.186. The minimum Gasteiger partial charge on any atom is -0.358 e. The molecule has 0 fully saturated rings. The fourth-order valence-electron chi connectivity index (χ4n) is 1.20. The van der Waals surface area contributed by atoms with E-state index >= 15 is 0 Å². The van der Waals surface area contributed by atoms with Gasteiger partial charge in [0.2, 0.25) is 0 Å².